The standard InChI is InChI=1S/C21H22N4O2/c1-15-18(17-9-5-6-10-19(17)24-15)13-23-25-21(27)14-22-20(26)12-11-16-7-3-2-4-8-16/h2-10,13,24H,11-12,14H2,1H3,(H,22,26)(H,25,27)/b23-13-. The number of carbonyl (C=O) groups excluding carboxylic acids is 2. The van der Waals surface area contributed by atoms with Crippen LogP contribution in [0.5, 0.6) is 0 Å². The van der Waals surface area contributed by atoms with Gasteiger partial charge in [0.1, 0.15) is 0 Å². The van der Waals surface area contributed by atoms with Gasteiger partial charge in [0, 0.05) is 28.6 Å². The van der Waals surface area contributed by atoms with E-state index >= 15 is 0 Å². The van der Waals surface area contributed by atoms with Gasteiger partial charge in [0.25, 0.3) is 5.91 Å². The lowest BCUT2D eigenvalue weighted by Crippen LogP contribution is -2.35. The van der Waals surface area contributed by atoms with E-state index in [0.29, 0.717) is 12.8 Å². The fourth-order valence-electron chi connectivity index (χ4n) is 2.84. The lowest BCUT2D eigenvalue weighted by atomic mass is 10.1. The van der Waals surface area contributed by atoms with Crippen molar-refractivity contribution in [3.8, 4) is 0 Å². The molecule has 0 fully saturated rings. The van der Waals surface area contributed by atoms with Crippen molar-refractivity contribution in [2.24, 2.45) is 5.10 Å². The van der Waals surface area contributed by atoms with Gasteiger partial charge in [-0.2, -0.15) is 5.10 Å². The molecule has 1 heterocycles. The molecule has 0 unspecified atom stereocenters. The molecule has 0 aliphatic carbocycles. The van der Waals surface area contributed by atoms with Crippen LogP contribution < -0.4 is 10.7 Å². The Kier molecular flexibility index (Phi) is 5.99. The van der Waals surface area contributed by atoms with E-state index < -0.39 is 0 Å². The molecule has 0 bridgehead atoms. The number of nitrogens with one attached hydrogen (secondary N) is 3. The number of amides is 2. The molecule has 3 aromatic rings. The number of aryl methyl sites for hydroxylation is 2. The topological polar surface area (TPSA) is 86.3 Å². The van der Waals surface area contributed by atoms with Crippen LogP contribution in [0.25, 0.3) is 10.9 Å². The second-order valence-corrected chi connectivity index (χ2v) is 6.26. The zero-order chi connectivity index (χ0) is 19.1. The molecule has 3 N–H and O–H groups in total. The minimum Gasteiger partial charge on any atom is -0.358 e. The van der Waals surface area contributed by atoms with E-state index in [9.17, 15) is 9.59 Å². The van der Waals surface area contributed by atoms with E-state index in [-0.39, 0.29) is 18.4 Å². The summed E-state index contributed by atoms with van der Waals surface area (Å²) >= 11 is 0. The number of benzene rings is 2. The van der Waals surface area contributed by atoms with Crippen molar-refractivity contribution in [3.63, 3.8) is 0 Å². The van der Waals surface area contributed by atoms with Crippen molar-refractivity contribution in [1.29, 1.82) is 0 Å². The van der Waals surface area contributed by atoms with E-state index in [1.54, 1.807) is 6.21 Å². The van der Waals surface area contributed by atoms with Crippen LogP contribution in [-0.2, 0) is 16.0 Å². The van der Waals surface area contributed by atoms with E-state index in [1.165, 1.54) is 0 Å². The molecular weight excluding hydrogens is 340 g/mol. The number of rotatable bonds is 7. The summed E-state index contributed by atoms with van der Waals surface area (Å²) in [6.45, 7) is 1.86. The minimum absolute atomic E-state index is 0.0994. The smallest absolute Gasteiger partial charge is 0.259 e. The Morgan fingerprint density at radius 1 is 1.04 bits per heavy atom. The molecule has 27 heavy (non-hydrogen) atoms. The zero-order valence-corrected chi connectivity index (χ0v) is 15.2. The molecule has 0 atom stereocenters. The number of aromatic nitrogens is 1. The highest BCUT2D eigenvalue weighted by molar-refractivity contribution is 6.00. The highest BCUT2D eigenvalue weighted by Crippen LogP contribution is 2.19. The number of aromatic amines is 1. The normalized spacial score (nSPS) is 11.0. The van der Waals surface area contributed by atoms with Gasteiger partial charge in [-0.25, -0.2) is 5.43 Å². The predicted octanol–water partition coefficient (Wildman–Crippen LogP) is 2.68. The van der Waals surface area contributed by atoms with Crippen molar-refractivity contribution in [2.75, 3.05) is 6.54 Å². The zero-order valence-electron chi connectivity index (χ0n) is 15.2. The molecule has 1 aromatic heterocycles. The summed E-state index contributed by atoms with van der Waals surface area (Å²) in [5, 5.41) is 7.65. The van der Waals surface area contributed by atoms with Crippen molar-refractivity contribution >= 4 is 28.9 Å². The first-order valence-electron chi connectivity index (χ1n) is 8.83. The number of para-hydroxylation sites is 1. The summed E-state index contributed by atoms with van der Waals surface area (Å²) in [6, 6.07) is 17.7. The van der Waals surface area contributed by atoms with Gasteiger partial charge in [0.15, 0.2) is 0 Å². The van der Waals surface area contributed by atoms with E-state index in [1.807, 2.05) is 61.5 Å². The number of carbonyl (C=O) groups is 2. The van der Waals surface area contributed by atoms with Crippen molar-refractivity contribution in [2.45, 2.75) is 19.8 Å². The van der Waals surface area contributed by atoms with Gasteiger partial charge in [-0.1, -0.05) is 48.5 Å². The SMILES string of the molecule is Cc1[nH]c2ccccc2c1/C=N\NC(=O)CNC(=O)CCc1ccccc1. The molecule has 0 aliphatic rings. The molecule has 0 saturated heterocycles. The van der Waals surface area contributed by atoms with Crippen molar-refractivity contribution in [3.05, 3.63) is 71.4 Å². The third-order valence-electron chi connectivity index (χ3n) is 4.26. The Hall–Kier alpha value is -3.41. The van der Waals surface area contributed by atoms with Crippen LogP contribution in [0, 0.1) is 6.92 Å². The van der Waals surface area contributed by atoms with E-state index in [2.05, 4.69) is 20.8 Å². The quantitative estimate of drug-likeness (QED) is 0.446. The Morgan fingerprint density at radius 3 is 2.59 bits per heavy atom. The lowest BCUT2D eigenvalue weighted by molar-refractivity contribution is -0.126. The number of fused-ring (bicyclic) bond motifs is 1. The molecular formula is C21H22N4O2. The second-order valence-electron chi connectivity index (χ2n) is 6.26. The summed E-state index contributed by atoms with van der Waals surface area (Å²) in [4.78, 5) is 27.0. The molecule has 6 nitrogen and oxygen atoms in total. The summed E-state index contributed by atoms with van der Waals surface area (Å²) in [7, 11) is 0. The van der Waals surface area contributed by atoms with Crippen LogP contribution in [-0.4, -0.2) is 29.6 Å². The fourth-order valence-corrected chi connectivity index (χ4v) is 2.84. The molecule has 138 valence electrons. The maximum atomic E-state index is 11.9. The lowest BCUT2D eigenvalue weighted by Gasteiger charge is -2.04. The van der Waals surface area contributed by atoms with Gasteiger partial charge in [0.2, 0.25) is 5.91 Å². The van der Waals surface area contributed by atoms with Crippen LogP contribution in [0.1, 0.15) is 23.2 Å². The summed E-state index contributed by atoms with van der Waals surface area (Å²) in [6.07, 6.45) is 2.60. The molecule has 0 radical (unpaired) electrons. The molecule has 2 amide bonds. The minimum atomic E-state index is -0.364. The summed E-state index contributed by atoms with van der Waals surface area (Å²) < 4.78 is 0. The first-order valence-corrected chi connectivity index (χ1v) is 8.83. The maximum absolute atomic E-state index is 11.9. The van der Waals surface area contributed by atoms with Crippen LogP contribution in [0.3, 0.4) is 0 Å². The third-order valence-corrected chi connectivity index (χ3v) is 4.26. The van der Waals surface area contributed by atoms with Crippen molar-refractivity contribution in [1.82, 2.24) is 15.7 Å². The molecule has 6 heteroatoms. The second kappa shape index (κ2) is 8.80. The third kappa shape index (κ3) is 5.04. The van der Waals surface area contributed by atoms with Gasteiger partial charge < -0.3 is 10.3 Å². The van der Waals surface area contributed by atoms with Gasteiger partial charge >= 0.3 is 0 Å². The molecule has 3 rings (SSSR count). The van der Waals surface area contributed by atoms with Crippen LogP contribution >= 0.6 is 0 Å². The van der Waals surface area contributed by atoms with Gasteiger partial charge in [-0.05, 0) is 25.0 Å². The summed E-state index contributed by atoms with van der Waals surface area (Å²) in [5.41, 5.74) is 6.46. The van der Waals surface area contributed by atoms with Crippen LogP contribution in [0.15, 0.2) is 59.7 Å². The largest absolute Gasteiger partial charge is 0.358 e. The first-order chi connectivity index (χ1) is 13.1. The molecule has 0 saturated carbocycles. The summed E-state index contributed by atoms with van der Waals surface area (Å²) in [5.74, 6) is -0.526. The highest BCUT2D eigenvalue weighted by atomic mass is 16.2. The monoisotopic (exact) mass is 362 g/mol. The average molecular weight is 362 g/mol. The Bertz CT molecular complexity index is 961. The van der Waals surface area contributed by atoms with Crippen LogP contribution in [0.4, 0.5) is 0 Å². The Balaban J connectivity index is 1.44. The van der Waals surface area contributed by atoms with Crippen LogP contribution in [0.2, 0.25) is 0 Å². The Labute approximate surface area is 157 Å². The predicted molar refractivity (Wildman–Crippen MR) is 107 cm³/mol. The highest BCUT2D eigenvalue weighted by Gasteiger charge is 2.07. The fraction of sp³-hybridized carbons (Fsp3) is 0.190. The number of hydrogen-bond donors (Lipinski definition) is 3. The van der Waals surface area contributed by atoms with Gasteiger partial charge in [-0.15, -0.1) is 0 Å². The number of hydrazone groups is 1. The first kappa shape index (κ1) is 18.4. The van der Waals surface area contributed by atoms with Gasteiger partial charge in [0.05, 0.1) is 12.8 Å². The number of hydrogen-bond acceptors (Lipinski definition) is 3. The van der Waals surface area contributed by atoms with E-state index in [4.69, 9.17) is 0 Å². The van der Waals surface area contributed by atoms with Crippen molar-refractivity contribution < 1.29 is 9.59 Å². The van der Waals surface area contributed by atoms with E-state index in [0.717, 1.165) is 27.7 Å². The number of nitrogens with zero attached hydrogens (tertiary/aromatic N) is 1. The number of H-pyrrole nitrogens is 1. The molecule has 0 aliphatic heterocycles. The average Bonchev–Trinajstić information content (AvgIpc) is 3.01. The van der Waals surface area contributed by atoms with Gasteiger partial charge in [-0.3, -0.25) is 9.59 Å². The molecule has 2 aromatic carbocycles. The maximum Gasteiger partial charge on any atom is 0.259 e. The molecule has 0 spiro atoms. The Morgan fingerprint density at radius 2 is 1.78 bits per heavy atom.